The first-order valence-corrected chi connectivity index (χ1v) is 6.80. The molecule has 3 N–H and O–H groups in total. The molecule has 21 heavy (non-hydrogen) atoms. The summed E-state index contributed by atoms with van der Waals surface area (Å²) in [5.41, 5.74) is 7.22. The monoisotopic (exact) mass is 321 g/mol. The fourth-order valence-electron chi connectivity index (χ4n) is 1.70. The van der Waals surface area contributed by atoms with Crippen LogP contribution in [-0.4, -0.2) is 16.1 Å². The van der Waals surface area contributed by atoms with Gasteiger partial charge in [0.1, 0.15) is 17.3 Å². The largest absolute Gasteiger partial charge is 0.489 e. The number of ether oxygens (including phenoxy) is 1. The Labute approximate surface area is 132 Å². The minimum Gasteiger partial charge on any atom is -0.489 e. The van der Waals surface area contributed by atoms with Gasteiger partial charge in [0.05, 0.1) is 10.6 Å². The van der Waals surface area contributed by atoms with E-state index in [9.17, 15) is 4.79 Å². The van der Waals surface area contributed by atoms with Crippen molar-refractivity contribution in [3.05, 3.63) is 64.2 Å². The summed E-state index contributed by atoms with van der Waals surface area (Å²) in [5, 5.41) is 9.25. The van der Waals surface area contributed by atoms with E-state index < -0.39 is 5.97 Å². The van der Waals surface area contributed by atoms with Crippen LogP contribution in [0.15, 0.2) is 42.5 Å². The minimum atomic E-state index is -0.956. The molecule has 4 nitrogen and oxygen atoms in total. The lowest BCUT2D eigenvalue weighted by atomic mass is 10.1. The van der Waals surface area contributed by atoms with Crippen molar-refractivity contribution in [2.24, 2.45) is 5.73 Å². The zero-order valence-electron chi connectivity index (χ0n) is 10.9. The highest BCUT2D eigenvalue weighted by molar-refractivity contribution is 7.80. The second kappa shape index (κ2) is 6.56. The number of hydrogen-bond acceptors (Lipinski definition) is 3. The number of halogens is 1. The van der Waals surface area contributed by atoms with Crippen LogP contribution in [0.1, 0.15) is 21.5 Å². The molecule has 0 radical (unpaired) electrons. The third kappa shape index (κ3) is 3.93. The third-order valence-electron chi connectivity index (χ3n) is 2.81. The molecule has 0 atom stereocenters. The number of nitrogens with two attached hydrogens (primary N) is 1. The van der Waals surface area contributed by atoms with Gasteiger partial charge in [0, 0.05) is 5.56 Å². The van der Waals surface area contributed by atoms with E-state index in [0.29, 0.717) is 22.9 Å². The first-order valence-electron chi connectivity index (χ1n) is 6.02. The summed E-state index contributed by atoms with van der Waals surface area (Å²) >= 11 is 10.9. The van der Waals surface area contributed by atoms with E-state index >= 15 is 0 Å². The van der Waals surface area contributed by atoms with Crippen LogP contribution in [0.5, 0.6) is 5.75 Å². The molecule has 6 heteroatoms. The lowest BCUT2D eigenvalue weighted by Crippen LogP contribution is -2.09. The van der Waals surface area contributed by atoms with E-state index in [1.54, 1.807) is 30.3 Å². The maximum atomic E-state index is 10.7. The van der Waals surface area contributed by atoms with E-state index in [-0.39, 0.29) is 10.6 Å². The maximum absolute atomic E-state index is 10.7. The van der Waals surface area contributed by atoms with Crippen LogP contribution in [0.25, 0.3) is 0 Å². The quantitative estimate of drug-likeness (QED) is 0.827. The summed E-state index contributed by atoms with van der Waals surface area (Å²) in [6.07, 6.45) is 0. The smallest absolute Gasteiger partial charge is 0.335 e. The van der Waals surface area contributed by atoms with Gasteiger partial charge < -0.3 is 15.6 Å². The Morgan fingerprint density at radius 3 is 2.43 bits per heavy atom. The van der Waals surface area contributed by atoms with Crippen molar-refractivity contribution in [3.8, 4) is 5.75 Å². The van der Waals surface area contributed by atoms with Gasteiger partial charge in [-0.15, -0.1) is 0 Å². The molecule has 0 unspecified atom stereocenters. The average molecular weight is 322 g/mol. The second-order valence-electron chi connectivity index (χ2n) is 4.30. The molecular weight excluding hydrogens is 310 g/mol. The van der Waals surface area contributed by atoms with Crippen molar-refractivity contribution in [3.63, 3.8) is 0 Å². The van der Waals surface area contributed by atoms with Gasteiger partial charge in [-0.25, -0.2) is 4.79 Å². The van der Waals surface area contributed by atoms with Crippen LogP contribution < -0.4 is 10.5 Å². The molecule has 108 valence electrons. The lowest BCUT2D eigenvalue weighted by Gasteiger charge is -2.09. The fraction of sp³-hybridized carbons (Fsp3) is 0.0667. The maximum Gasteiger partial charge on any atom is 0.335 e. The number of aromatic carboxylic acids is 1. The number of carbonyl (C=O) groups is 1. The van der Waals surface area contributed by atoms with E-state index in [1.807, 2.05) is 0 Å². The third-order valence-corrected chi connectivity index (χ3v) is 3.35. The van der Waals surface area contributed by atoms with Gasteiger partial charge in [0.15, 0.2) is 0 Å². The van der Waals surface area contributed by atoms with Crippen molar-refractivity contribution in [1.29, 1.82) is 0 Å². The van der Waals surface area contributed by atoms with Gasteiger partial charge in [0.2, 0.25) is 0 Å². The van der Waals surface area contributed by atoms with Gasteiger partial charge in [-0.2, -0.15) is 0 Å². The molecule has 0 fully saturated rings. The first-order chi connectivity index (χ1) is 9.97. The fourth-order valence-corrected chi connectivity index (χ4v) is 2.20. The summed E-state index contributed by atoms with van der Waals surface area (Å²) in [4.78, 5) is 11.0. The van der Waals surface area contributed by atoms with Gasteiger partial charge in [-0.05, 0) is 35.9 Å². The molecule has 0 aliphatic heterocycles. The SMILES string of the molecule is NC(=S)c1ccc(OCc2ccc(C(=O)O)cc2)cc1Cl. The van der Waals surface area contributed by atoms with Crippen molar-refractivity contribution in [2.75, 3.05) is 0 Å². The Morgan fingerprint density at radius 2 is 1.90 bits per heavy atom. The Balaban J connectivity index is 2.04. The molecule has 2 rings (SSSR count). The lowest BCUT2D eigenvalue weighted by molar-refractivity contribution is 0.0697. The molecule has 0 bridgehead atoms. The molecule has 0 spiro atoms. The standard InChI is InChI=1S/C15H12ClNO3S/c16-13-7-11(5-6-12(13)14(17)21)20-8-9-1-3-10(4-2-9)15(18)19/h1-7H,8H2,(H2,17,21)(H,18,19). The number of thiocarbonyl (C=S) groups is 1. The number of benzene rings is 2. The molecule has 0 aliphatic carbocycles. The summed E-state index contributed by atoms with van der Waals surface area (Å²) in [6, 6.07) is 11.5. The topological polar surface area (TPSA) is 72.5 Å². The van der Waals surface area contributed by atoms with Crippen LogP contribution >= 0.6 is 23.8 Å². The van der Waals surface area contributed by atoms with Crippen molar-refractivity contribution in [1.82, 2.24) is 0 Å². The minimum absolute atomic E-state index is 0.232. The Kier molecular flexibility index (Phi) is 4.77. The highest BCUT2D eigenvalue weighted by atomic mass is 35.5. The van der Waals surface area contributed by atoms with Crippen LogP contribution in [0.4, 0.5) is 0 Å². The van der Waals surface area contributed by atoms with E-state index in [2.05, 4.69) is 0 Å². The van der Waals surface area contributed by atoms with Crippen LogP contribution in [-0.2, 0) is 6.61 Å². The zero-order valence-corrected chi connectivity index (χ0v) is 12.4. The highest BCUT2D eigenvalue weighted by Gasteiger charge is 2.06. The van der Waals surface area contributed by atoms with Gasteiger partial charge >= 0.3 is 5.97 Å². The van der Waals surface area contributed by atoms with E-state index in [4.69, 9.17) is 39.4 Å². The molecule has 0 aromatic heterocycles. The number of hydrogen-bond donors (Lipinski definition) is 2. The number of carboxylic acid groups (broad SMARTS) is 1. The average Bonchev–Trinajstić information content (AvgIpc) is 2.45. The van der Waals surface area contributed by atoms with Gasteiger partial charge in [-0.1, -0.05) is 36.0 Å². The number of carboxylic acids is 1. The second-order valence-corrected chi connectivity index (χ2v) is 5.14. The number of rotatable bonds is 5. The summed E-state index contributed by atoms with van der Waals surface area (Å²) in [7, 11) is 0. The van der Waals surface area contributed by atoms with Crippen LogP contribution in [0.3, 0.4) is 0 Å². The molecule has 0 heterocycles. The molecule has 0 saturated carbocycles. The van der Waals surface area contributed by atoms with Gasteiger partial charge in [0.25, 0.3) is 0 Å². The predicted octanol–water partition coefficient (Wildman–Crippen LogP) is 3.25. The normalized spacial score (nSPS) is 10.1. The summed E-state index contributed by atoms with van der Waals surface area (Å²) in [6.45, 7) is 0.308. The molecular formula is C15H12ClNO3S. The molecule has 0 saturated heterocycles. The molecule has 0 amide bonds. The van der Waals surface area contributed by atoms with Crippen LogP contribution in [0.2, 0.25) is 5.02 Å². The zero-order chi connectivity index (χ0) is 15.4. The van der Waals surface area contributed by atoms with Crippen molar-refractivity contribution >= 4 is 34.8 Å². The van der Waals surface area contributed by atoms with Crippen molar-refractivity contribution in [2.45, 2.75) is 6.61 Å². The summed E-state index contributed by atoms with van der Waals surface area (Å²) < 4.78 is 5.59. The van der Waals surface area contributed by atoms with Crippen LogP contribution in [0, 0.1) is 0 Å². The Morgan fingerprint density at radius 1 is 1.24 bits per heavy atom. The molecule has 2 aromatic rings. The Bertz CT molecular complexity index is 686. The first kappa shape index (κ1) is 15.3. The molecule has 0 aliphatic rings. The Hall–Kier alpha value is -2.11. The van der Waals surface area contributed by atoms with Crippen molar-refractivity contribution < 1.29 is 14.6 Å². The van der Waals surface area contributed by atoms with E-state index in [0.717, 1.165) is 5.56 Å². The predicted molar refractivity (Wildman–Crippen MR) is 85.1 cm³/mol. The van der Waals surface area contributed by atoms with E-state index in [1.165, 1.54) is 12.1 Å². The van der Waals surface area contributed by atoms with Gasteiger partial charge in [-0.3, -0.25) is 0 Å². The summed E-state index contributed by atoms with van der Waals surface area (Å²) in [5.74, 6) is -0.370. The molecule has 2 aromatic carbocycles. The highest BCUT2D eigenvalue weighted by Crippen LogP contribution is 2.23.